The van der Waals surface area contributed by atoms with Gasteiger partial charge in [-0.15, -0.1) is 5.10 Å². The Bertz CT molecular complexity index is 930. The number of halogens is 1. The molecule has 0 spiro atoms. The number of aliphatic hydroxyl groups is 1. The van der Waals surface area contributed by atoms with E-state index in [9.17, 15) is 9.18 Å². The summed E-state index contributed by atoms with van der Waals surface area (Å²) in [6.07, 6.45) is 3.54. The average molecular weight is 355 g/mol. The van der Waals surface area contributed by atoms with Crippen LogP contribution in [-0.2, 0) is 4.74 Å². The van der Waals surface area contributed by atoms with Crippen LogP contribution in [0.2, 0.25) is 0 Å². The first kappa shape index (κ1) is 16.2. The second-order valence-corrected chi connectivity index (χ2v) is 5.72. The summed E-state index contributed by atoms with van der Waals surface area (Å²) in [7, 11) is 0. The minimum absolute atomic E-state index is 0.183. The van der Waals surface area contributed by atoms with Gasteiger partial charge in [0.25, 0.3) is 0 Å². The van der Waals surface area contributed by atoms with Crippen molar-refractivity contribution in [2.75, 3.05) is 18.1 Å². The summed E-state index contributed by atoms with van der Waals surface area (Å²) in [5.41, 5.74) is 1.33. The molecule has 1 saturated heterocycles. The van der Waals surface area contributed by atoms with Crippen LogP contribution in [0.3, 0.4) is 0 Å². The van der Waals surface area contributed by atoms with Crippen molar-refractivity contribution in [3.05, 3.63) is 54.7 Å². The van der Waals surface area contributed by atoms with Gasteiger partial charge < -0.3 is 9.84 Å². The van der Waals surface area contributed by atoms with Crippen LogP contribution in [0.25, 0.3) is 16.9 Å². The fourth-order valence-corrected chi connectivity index (χ4v) is 2.74. The summed E-state index contributed by atoms with van der Waals surface area (Å²) in [5, 5.41) is 16.7. The van der Waals surface area contributed by atoms with E-state index >= 15 is 0 Å². The van der Waals surface area contributed by atoms with Gasteiger partial charge in [-0.2, -0.15) is 0 Å². The molecule has 2 aromatic heterocycles. The van der Waals surface area contributed by atoms with E-state index in [0.29, 0.717) is 22.6 Å². The minimum atomic E-state index is -0.602. The molecule has 26 heavy (non-hydrogen) atoms. The molecule has 0 aliphatic carbocycles. The van der Waals surface area contributed by atoms with Crippen molar-refractivity contribution in [1.82, 2.24) is 20.0 Å². The Balaban J connectivity index is 1.59. The molecule has 1 fully saturated rings. The number of carbonyl (C=O) groups is 1. The van der Waals surface area contributed by atoms with Gasteiger partial charge >= 0.3 is 6.09 Å². The number of aliphatic hydroxyl groups excluding tert-OH is 1. The zero-order chi connectivity index (χ0) is 18.1. The van der Waals surface area contributed by atoms with E-state index < -0.39 is 18.0 Å². The molecule has 1 aromatic carbocycles. The highest BCUT2D eigenvalue weighted by atomic mass is 19.1. The van der Waals surface area contributed by atoms with Gasteiger partial charge in [-0.25, -0.2) is 18.9 Å². The quantitative estimate of drug-likeness (QED) is 0.767. The van der Waals surface area contributed by atoms with Crippen LogP contribution >= 0.6 is 0 Å². The molecule has 1 aliphatic heterocycles. The third-order valence-electron chi connectivity index (χ3n) is 4.06. The van der Waals surface area contributed by atoms with Gasteiger partial charge in [0, 0.05) is 17.3 Å². The fraction of sp³-hybridized carbons (Fsp3) is 0.176. The smallest absolute Gasteiger partial charge is 0.414 e. The normalized spacial score (nSPS) is 16.8. The van der Waals surface area contributed by atoms with Gasteiger partial charge in [-0.1, -0.05) is 5.21 Å². The number of cyclic esters (lactones) is 1. The lowest BCUT2D eigenvalue weighted by molar-refractivity contribution is 0.0963. The molecule has 0 radical (unpaired) electrons. The van der Waals surface area contributed by atoms with Crippen molar-refractivity contribution in [1.29, 1.82) is 0 Å². The fourth-order valence-electron chi connectivity index (χ4n) is 2.74. The van der Waals surface area contributed by atoms with Gasteiger partial charge in [0.1, 0.15) is 11.9 Å². The Labute approximate surface area is 147 Å². The molecule has 1 aliphatic rings. The van der Waals surface area contributed by atoms with Crippen molar-refractivity contribution in [2.45, 2.75) is 6.10 Å². The lowest BCUT2D eigenvalue weighted by atomic mass is 10.1. The van der Waals surface area contributed by atoms with Gasteiger partial charge in [0.05, 0.1) is 31.2 Å². The number of benzene rings is 1. The first-order valence-electron chi connectivity index (χ1n) is 7.87. The molecule has 4 rings (SSSR count). The molecular weight excluding hydrogens is 341 g/mol. The Kier molecular flexibility index (Phi) is 4.05. The second kappa shape index (κ2) is 6.52. The maximum Gasteiger partial charge on any atom is 0.414 e. The first-order valence-corrected chi connectivity index (χ1v) is 7.87. The van der Waals surface area contributed by atoms with Crippen LogP contribution in [0.15, 0.2) is 48.9 Å². The van der Waals surface area contributed by atoms with Crippen LogP contribution in [-0.4, -0.2) is 50.4 Å². The van der Waals surface area contributed by atoms with Gasteiger partial charge in [-0.05, 0) is 30.3 Å². The van der Waals surface area contributed by atoms with E-state index in [0.717, 1.165) is 0 Å². The van der Waals surface area contributed by atoms with Crippen molar-refractivity contribution >= 4 is 11.8 Å². The third kappa shape index (κ3) is 2.88. The zero-order valence-corrected chi connectivity index (χ0v) is 13.5. The lowest BCUT2D eigenvalue weighted by Crippen LogP contribution is -2.25. The van der Waals surface area contributed by atoms with E-state index in [1.165, 1.54) is 15.6 Å². The molecule has 1 amide bonds. The second-order valence-electron chi connectivity index (χ2n) is 5.72. The predicted molar refractivity (Wildman–Crippen MR) is 89.2 cm³/mol. The Hall–Kier alpha value is -3.33. The molecular formula is C17H14FN5O3. The first-order chi connectivity index (χ1) is 12.7. The number of rotatable bonds is 4. The zero-order valence-electron chi connectivity index (χ0n) is 13.5. The maximum atomic E-state index is 14.6. The molecule has 0 bridgehead atoms. The molecule has 8 nitrogen and oxygen atoms in total. The largest absolute Gasteiger partial charge is 0.441 e. The van der Waals surface area contributed by atoms with Crippen LogP contribution in [0, 0.1) is 5.82 Å². The van der Waals surface area contributed by atoms with Gasteiger partial charge in [0.2, 0.25) is 0 Å². The van der Waals surface area contributed by atoms with Crippen LogP contribution in [0.4, 0.5) is 14.9 Å². The number of hydrogen-bond donors (Lipinski definition) is 1. The topological polar surface area (TPSA) is 93.4 Å². The highest BCUT2D eigenvalue weighted by molar-refractivity contribution is 5.90. The number of pyridine rings is 1. The van der Waals surface area contributed by atoms with E-state index in [2.05, 4.69) is 15.3 Å². The van der Waals surface area contributed by atoms with E-state index in [1.54, 1.807) is 42.9 Å². The molecule has 1 N–H and O–H groups in total. The Morgan fingerprint density at radius 1 is 1.31 bits per heavy atom. The molecule has 132 valence electrons. The van der Waals surface area contributed by atoms with Gasteiger partial charge in [-0.3, -0.25) is 4.90 Å². The molecule has 0 saturated carbocycles. The molecule has 1 atom stereocenters. The Morgan fingerprint density at radius 3 is 2.81 bits per heavy atom. The summed E-state index contributed by atoms with van der Waals surface area (Å²) in [5.74, 6) is 0.0798. The average Bonchev–Trinajstić information content (AvgIpc) is 3.31. The van der Waals surface area contributed by atoms with Crippen molar-refractivity contribution in [3.8, 4) is 16.9 Å². The van der Waals surface area contributed by atoms with E-state index in [4.69, 9.17) is 9.84 Å². The summed E-state index contributed by atoms with van der Waals surface area (Å²) in [6.45, 7) is -0.0884. The number of amides is 1. The third-order valence-corrected chi connectivity index (χ3v) is 4.06. The summed E-state index contributed by atoms with van der Waals surface area (Å²) in [6, 6.07) is 7.91. The molecule has 1 unspecified atom stereocenters. The number of nitrogens with zero attached hydrogens (tertiary/aromatic N) is 5. The number of hydrogen-bond acceptors (Lipinski definition) is 6. The number of ether oxygens (including phenoxy) is 1. The van der Waals surface area contributed by atoms with Crippen LogP contribution < -0.4 is 4.90 Å². The maximum absolute atomic E-state index is 14.6. The molecule has 3 aromatic rings. The highest BCUT2D eigenvalue weighted by Gasteiger charge is 2.32. The summed E-state index contributed by atoms with van der Waals surface area (Å²) >= 11 is 0. The predicted octanol–water partition coefficient (Wildman–Crippen LogP) is 1.79. The van der Waals surface area contributed by atoms with Gasteiger partial charge in [0.15, 0.2) is 5.82 Å². The highest BCUT2D eigenvalue weighted by Crippen LogP contribution is 2.29. The standard InChI is InChI=1S/C17H14FN5O3/c18-15-7-12(22-9-13(10-24)26-17(22)25)2-3-14(15)11-1-4-16(19-8-11)23-6-5-20-21-23/h1-8,13,24H,9-10H2. The minimum Gasteiger partial charge on any atom is -0.441 e. The van der Waals surface area contributed by atoms with Crippen molar-refractivity contribution < 1.29 is 19.0 Å². The number of carbonyl (C=O) groups excluding carboxylic acids is 1. The summed E-state index contributed by atoms with van der Waals surface area (Å²) in [4.78, 5) is 17.4. The van der Waals surface area contributed by atoms with Crippen LogP contribution in [0.1, 0.15) is 0 Å². The SMILES string of the molecule is O=C1OC(CO)CN1c1ccc(-c2ccc(-n3ccnn3)nc2)c(F)c1. The number of aromatic nitrogens is 4. The lowest BCUT2D eigenvalue weighted by Gasteiger charge is -2.14. The Morgan fingerprint density at radius 2 is 2.19 bits per heavy atom. The van der Waals surface area contributed by atoms with E-state index in [1.807, 2.05) is 0 Å². The van der Waals surface area contributed by atoms with Crippen LogP contribution in [0.5, 0.6) is 0 Å². The van der Waals surface area contributed by atoms with Crippen molar-refractivity contribution in [2.24, 2.45) is 0 Å². The molecule has 9 heteroatoms. The summed E-state index contributed by atoms with van der Waals surface area (Å²) < 4.78 is 21.1. The van der Waals surface area contributed by atoms with E-state index in [-0.39, 0.29) is 13.2 Å². The monoisotopic (exact) mass is 355 g/mol. The van der Waals surface area contributed by atoms with Crippen molar-refractivity contribution in [3.63, 3.8) is 0 Å². The molecule has 3 heterocycles. The number of anilines is 1.